The van der Waals surface area contributed by atoms with E-state index in [4.69, 9.17) is 13.9 Å². The van der Waals surface area contributed by atoms with Gasteiger partial charge in [0.15, 0.2) is 22.7 Å². The first-order valence-electron chi connectivity index (χ1n) is 9.95. The highest BCUT2D eigenvalue weighted by atomic mass is 19.1. The summed E-state index contributed by atoms with van der Waals surface area (Å²) in [4.78, 5) is 0. The molecule has 28 heavy (non-hydrogen) atoms. The van der Waals surface area contributed by atoms with Crippen molar-refractivity contribution in [2.24, 2.45) is 0 Å². The monoisotopic (exact) mass is 386 g/mol. The third kappa shape index (κ3) is 3.58. The summed E-state index contributed by atoms with van der Waals surface area (Å²) in [5, 5.41) is 1.05. The molecule has 3 aromatic rings. The number of furan rings is 1. The zero-order valence-electron chi connectivity index (χ0n) is 16.0. The van der Waals surface area contributed by atoms with E-state index in [-0.39, 0.29) is 22.7 Å². The average Bonchev–Trinajstić information content (AvgIpc) is 3.35. The molecule has 1 aliphatic rings. The summed E-state index contributed by atoms with van der Waals surface area (Å²) in [6.45, 7) is 2.91. The van der Waals surface area contributed by atoms with Crippen molar-refractivity contribution < 1.29 is 22.7 Å². The molecule has 0 atom stereocenters. The van der Waals surface area contributed by atoms with E-state index < -0.39 is 11.6 Å². The summed E-state index contributed by atoms with van der Waals surface area (Å²) >= 11 is 0. The first-order chi connectivity index (χ1) is 13.7. The smallest absolute Gasteiger partial charge is 0.208 e. The quantitative estimate of drug-likeness (QED) is 0.311. The van der Waals surface area contributed by atoms with E-state index in [9.17, 15) is 8.78 Å². The van der Waals surface area contributed by atoms with E-state index in [2.05, 4.69) is 13.0 Å². The molecule has 0 aliphatic heterocycles. The lowest BCUT2D eigenvalue weighted by atomic mass is 10.1. The second-order valence-electron chi connectivity index (χ2n) is 7.21. The van der Waals surface area contributed by atoms with Crippen LogP contribution in [0.1, 0.15) is 45.4 Å². The number of benzene rings is 2. The van der Waals surface area contributed by atoms with Crippen LogP contribution >= 0.6 is 0 Å². The highest BCUT2D eigenvalue weighted by Gasteiger charge is 2.20. The lowest BCUT2D eigenvalue weighted by Gasteiger charge is -2.07. The number of fused-ring (bicyclic) bond motifs is 3. The van der Waals surface area contributed by atoms with Gasteiger partial charge in [-0.25, -0.2) is 0 Å². The van der Waals surface area contributed by atoms with Crippen molar-refractivity contribution in [3.05, 3.63) is 47.5 Å². The number of hydrogen-bond acceptors (Lipinski definition) is 3. The Bertz CT molecular complexity index is 1020. The van der Waals surface area contributed by atoms with Gasteiger partial charge in [-0.05, 0) is 55.5 Å². The molecule has 1 aromatic heterocycles. The van der Waals surface area contributed by atoms with Crippen LogP contribution in [-0.4, -0.2) is 13.2 Å². The van der Waals surface area contributed by atoms with Crippen LogP contribution in [0.4, 0.5) is 8.78 Å². The number of hydrogen-bond donors (Lipinski definition) is 0. The average molecular weight is 386 g/mol. The highest BCUT2D eigenvalue weighted by Crippen LogP contribution is 2.38. The molecule has 1 aliphatic carbocycles. The summed E-state index contributed by atoms with van der Waals surface area (Å²) in [7, 11) is 0. The fourth-order valence-electron chi connectivity index (χ4n) is 3.60. The van der Waals surface area contributed by atoms with Crippen molar-refractivity contribution in [3.63, 3.8) is 0 Å². The lowest BCUT2D eigenvalue weighted by Crippen LogP contribution is -2.01. The maximum Gasteiger partial charge on any atom is 0.208 e. The minimum Gasteiger partial charge on any atom is -0.490 e. The van der Waals surface area contributed by atoms with E-state index in [1.807, 2.05) is 0 Å². The van der Waals surface area contributed by atoms with Gasteiger partial charge in [0, 0.05) is 10.8 Å². The minimum atomic E-state index is -0.600. The van der Waals surface area contributed by atoms with Crippen molar-refractivity contribution in [1.29, 1.82) is 0 Å². The van der Waals surface area contributed by atoms with Crippen molar-refractivity contribution in [2.45, 2.75) is 45.4 Å². The summed E-state index contributed by atoms with van der Waals surface area (Å²) in [5.74, 6) is -0.941. The standard InChI is InChI=1S/C23H24F2O3/c1-2-3-6-13-26-18-11-9-16-17-10-12-19(27-14-15-7-4-5-8-15)21(25)23(17)28-22(16)20(18)24/h7,9-12H,2-6,8,13-14H2,1H3. The number of rotatable bonds is 8. The van der Waals surface area contributed by atoms with E-state index in [1.54, 1.807) is 24.3 Å². The predicted molar refractivity (Wildman–Crippen MR) is 106 cm³/mol. The van der Waals surface area contributed by atoms with Gasteiger partial charge in [-0.3, -0.25) is 0 Å². The zero-order valence-corrected chi connectivity index (χ0v) is 16.0. The molecule has 0 unspecified atom stereocenters. The van der Waals surface area contributed by atoms with E-state index in [0.29, 0.717) is 24.0 Å². The Morgan fingerprint density at radius 2 is 1.61 bits per heavy atom. The number of allylic oxidation sites excluding steroid dienone is 1. The van der Waals surface area contributed by atoms with Gasteiger partial charge in [0.25, 0.3) is 0 Å². The summed E-state index contributed by atoms with van der Waals surface area (Å²) < 4.78 is 46.5. The highest BCUT2D eigenvalue weighted by molar-refractivity contribution is 6.06. The van der Waals surface area contributed by atoms with Gasteiger partial charge in [-0.1, -0.05) is 25.8 Å². The van der Waals surface area contributed by atoms with Crippen molar-refractivity contribution in [2.75, 3.05) is 13.2 Å². The minimum absolute atomic E-state index is 0.00920. The fraction of sp³-hybridized carbons (Fsp3) is 0.391. The molecular weight excluding hydrogens is 362 g/mol. The van der Waals surface area contributed by atoms with Gasteiger partial charge in [0.2, 0.25) is 11.6 Å². The summed E-state index contributed by atoms with van der Waals surface area (Å²) in [5.41, 5.74) is 1.20. The van der Waals surface area contributed by atoms with Crippen LogP contribution in [0.15, 0.2) is 40.3 Å². The van der Waals surface area contributed by atoms with Crippen LogP contribution in [-0.2, 0) is 0 Å². The van der Waals surface area contributed by atoms with Gasteiger partial charge in [0.1, 0.15) is 6.61 Å². The largest absolute Gasteiger partial charge is 0.490 e. The van der Waals surface area contributed by atoms with Gasteiger partial charge in [0.05, 0.1) is 6.61 Å². The maximum atomic E-state index is 14.9. The Balaban J connectivity index is 1.62. The molecule has 148 valence electrons. The van der Waals surface area contributed by atoms with Crippen LogP contribution < -0.4 is 9.47 Å². The van der Waals surface area contributed by atoms with Crippen LogP contribution in [0.2, 0.25) is 0 Å². The van der Waals surface area contributed by atoms with Gasteiger partial charge < -0.3 is 13.9 Å². The van der Waals surface area contributed by atoms with Crippen molar-refractivity contribution in [1.82, 2.24) is 0 Å². The molecule has 0 saturated heterocycles. The molecule has 3 nitrogen and oxygen atoms in total. The van der Waals surface area contributed by atoms with Crippen LogP contribution in [0, 0.1) is 11.6 Å². The van der Waals surface area contributed by atoms with Crippen molar-refractivity contribution >= 4 is 21.9 Å². The molecule has 0 bridgehead atoms. The normalized spacial score (nSPS) is 14.0. The number of unbranched alkanes of at least 4 members (excludes halogenated alkanes) is 2. The zero-order chi connectivity index (χ0) is 19.5. The molecule has 0 fully saturated rings. The SMILES string of the molecule is CCCCCOc1ccc2c(oc3c(F)c(OCC4=CCCC4)ccc32)c1F. The maximum absolute atomic E-state index is 14.9. The Labute approximate surface area is 162 Å². The number of ether oxygens (including phenoxy) is 2. The molecule has 0 spiro atoms. The van der Waals surface area contributed by atoms with Gasteiger partial charge >= 0.3 is 0 Å². The molecular formula is C23H24F2O3. The Morgan fingerprint density at radius 3 is 2.21 bits per heavy atom. The van der Waals surface area contributed by atoms with Crippen LogP contribution in [0.25, 0.3) is 21.9 Å². The van der Waals surface area contributed by atoms with E-state index >= 15 is 0 Å². The molecule has 0 radical (unpaired) electrons. The predicted octanol–water partition coefficient (Wildman–Crippen LogP) is 6.92. The Morgan fingerprint density at radius 1 is 0.929 bits per heavy atom. The molecule has 2 aromatic carbocycles. The Kier molecular flexibility index (Phi) is 5.51. The summed E-state index contributed by atoms with van der Waals surface area (Å²) in [6, 6.07) is 6.58. The molecule has 0 amide bonds. The number of halogens is 2. The molecule has 5 heteroatoms. The third-order valence-corrected chi connectivity index (χ3v) is 5.17. The molecule has 0 saturated carbocycles. The first kappa shape index (κ1) is 18.8. The van der Waals surface area contributed by atoms with Gasteiger partial charge in [-0.2, -0.15) is 8.78 Å². The van der Waals surface area contributed by atoms with Crippen LogP contribution in [0.5, 0.6) is 11.5 Å². The van der Waals surface area contributed by atoms with Crippen molar-refractivity contribution in [3.8, 4) is 11.5 Å². The molecule has 4 rings (SSSR count). The van der Waals surface area contributed by atoms with E-state index in [0.717, 1.165) is 38.5 Å². The van der Waals surface area contributed by atoms with Gasteiger partial charge in [-0.15, -0.1) is 0 Å². The fourth-order valence-corrected chi connectivity index (χ4v) is 3.60. The van der Waals surface area contributed by atoms with E-state index in [1.165, 1.54) is 5.57 Å². The molecule has 0 N–H and O–H groups in total. The second-order valence-corrected chi connectivity index (χ2v) is 7.21. The topological polar surface area (TPSA) is 31.6 Å². The molecule has 1 heterocycles. The Hall–Kier alpha value is -2.56. The van der Waals surface area contributed by atoms with Crippen LogP contribution in [0.3, 0.4) is 0 Å². The lowest BCUT2D eigenvalue weighted by molar-refractivity contribution is 0.291. The summed E-state index contributed by atoms with van der Waals surface area (Å²) in [6.07, 6.45) is 8.24. The first-order valence-corrected chi connectivity index (χ1v) is 9.95. The second kappa shape index (κ2) is 8.21. The third-order valence-electron chi connectivity index (χ3n) is 5.17.